The van der Waals surface area contributed by atoms with Gasteiger partial charge in [-0.25, -0.2) is 8.42 Å². The van der Waals surface area contributed by atoms with Crippen molar-refractivity contribution in [3.63, 3.8) is 0 Å². The zero-order chi connectivity index (χ0) is 21.9. The van der Waals surface area contributed by atoms with Crippen LogP contribution in [0.5, 0.6) is 5.75 Å². The zero-order valence-electron chi connectivity index (χ0n) is 16.8. The van der Waals surface area contributed by atoms with E-state index in [1.54, 1.807) is 13.0 Å². The van der Waals surface area contributed by atoms with Gasteiger partial charge in [0.25, 0.3) is 11.6 Å². The third-order valence-electron chi connectivity index (χ3n) is 5.03. The van der Waals surface area contributed by atoms with Gasteiger partial charge in [-0.1, -0.05) is 12.5 Å². The number of methoxy groups -OCH3 is 1. The number of hydrogen-bond acceptors (Lipinski definition) is 6. The summed E-state index contributed by atoms with van der Waals surface area (Å²) in [6, 6.07) is 8.29. The van der Waals surface area contributed by atoms with Crippen molar-refractivity contribution in [1.29, 1.82) is 0 Å². The maximum atomic E-state index is 13.1. The molecule has 30 heavy (non-hydrogen) atoms. The molecule has 0 spiro atoms. The second kappa shape index (κ2) is 8.80. The van der Waals surface area contributed by atoms with Gasteiger partial charge >= 0.3 is 0 Å². The van der Waals surface area contributed by atoms with Gasteiger partial charge in [-0.3, -0.25) is 14.9 Å². The first kappa shape index (κ1) is 21.7. The van der Waals surface area contributed by atoms with Crippen LogP contribution in [0, 0.1) is 17.0 Å². The highest BCUT2D eigenvalue weighted by molar-refractivity contribution is 7.89. The maximum absolute atomic E-state index is 13.1. The molecule has 1 fully saturated rings. The summed E-state index contributed by atoms with van der Waals surface area (Å²) in [5, 5.41) is 13.6. The predicted molar refractivity (Wildman–Crippen MR) is 111 cm³/mol. The van der Waals surface area contributed by atoms with Gasteiger partial charge < -0.3 is 10.1 Å². The number of non-ortho nitro benzene ring substituents is 1. The zero-order valence-corrected chi connectivity index (χ0v) is 17.6. The van der Waals surface area contributed by atoms with Gasteiger partial charge in [0.05, 0.1) is 22.6 Å². The molecule has 0 unspecified atom stereocenters. The number of nitro benzene ring substituents is 1. The maximum Gasteiger partial charge on any atom is 0.271 e. The van der Waals surface area contributed by atoms with Crippen molar-refractivity contribution >= 4 is 27.3 Å². The summed E-state index contributed by atoms with van der Waals surface area (Å²) >= 11 is 0. The number of nitrogens with one attached hydrogen (secondary N) is 1. The molecule has 10 heteroatoms. The van der Waals surface area contributed by atoms with Crippen LogP contribution in [0.25, 0.3) is 0 Å². The van der Waals surface area contributed by atoms with Gasteiger partial charge in [-0.15, -0.1) is 0 Å². The minimum atomic E-state index is -3.71. The first-order valence-electron chi connectivity index (χ1n) is 9.48. The molecule has 0 radical (unpaired) electrons. The Morgan fingerprint density at radius 2 is 1.83 bits per heavy atom. The molecule has 0 saturated carbocycles. The van der Waals surface area contributed by atoms with Crippen LogP contribution >= 0.6 is 0 Å². The SMILES string of the molecule is COc1ccc([N+](=O)[O-])cc1NC(=O)c1ccc(C)c(S(=O)(=O)N2CCCCC2)c1. The van der Waals surface area contributed by atoms with Gasteiger partial charge in [-0.2, -0.15) is 4.31 Å². The summed E-state index contributed by atoms with van der Waals surface area (Å²) in [5.74, 6) is -0.342. The predicted octanol–water partition coefficient (Wildman–Crippen LogP) is 3.34. The Morgan fingerprint density at radius 3 is 2.47 bits per heavy atom. The lowest BCUT2D eigenvalue weighted by molar-refractivity contribution is -0.384. The third-order valence-corrected chi connectivity index (χ3v) is 7.07. The van der Waals surface area contributed by atoms with E-state index >= 15 is 0 Å². The molecule has 2 aromatic carbocycles. The first-order chi connectivity index (χ1) is 14.2. The summed E-state index contributed by atoms with van der Waals surface area (Å²) in [6.45, 7) is 2.61. The molecule has 1 heterocycles. The minimum Gasteiger partial charge on any atom is -0.495 e. The number of amides is 1. The second-order valence-electron chi connectivity index (χ2n) is 7.04. The molecular formula is C20H23N3O6S. The highest BCUT2D eigenvalue weighted by Gasteiger charge is 2.28. The molecule has 1 aliphatic heterocycles. The quantitative estimate of drug-likeness (QED) is 0.551. The summed E-state index contributed by atoms with van der Waals surface area (Å²) in [5.41, 5.74) is 0.593. The van der Waals surface area contributed by atoms with Crippen molar-refractivity contribution in [2.24, 2.45) is 0 Å². The molecule has 1 aliphatic rings. The molecule has 0 bridgehead atoms. The van der Waals surface area contributed by atoms with Crippen LogP contribution < -0.4 is 10.1 Å². The van der Waals surface area contributed by atoms with E-state index in [0.29, 0.717) is 18.7 Å². The molecule has 2 aromatic rings. The molecule has 1 saturated heterocycles. The topological polar surface area (TPSA) is 119 Å². The van der Waals surface area contributed by atoms with Crippen molar-refractivity contribution < 1.29 is 22.9 Å². The van der Waals surface area contributed by atoms with E-state index in [1.165, 1.54) is 41.7 Å². The standard InChI is InChI=1S/C20H23N3O6S/c1-14-6-7-15(12-19(14)30(27,28)22-10-4-3-5-11-22)20(24)21-17-13-16(23(25)26)8-9-18(17)29-2/h6-9,12-13H,3-5,10-11H2,1-2H3,(H,21,24). The lowest BCUT2D eigenvalue weighted by Crippen LogP contribution is -2.36. The first-order valence-corrected chi connectivity index (χ1v) is 10.9. The summed E-state index contributed by atoms with van der Waals surface area (Å²) in [6.07, 6.45) is 2.62. The van der Waals surface area contributed by atoms with E-state index in [4.69, 9.17) is 4.74 Å². The summed E-state index contributed by atoms with van der Waals surface area (Å²) in [7, 11) is -2.33. The van der Waals surface area contributed by atoms with E-state index in [2.05, 4.69) is 5.32 Å². The average Bonchev–Trinajstić information content (AvgIpc) is 2.74. The van der Waals surface area contributed by atoms with Crippen LogP contribution in [0.15, 0.2) is 41.3 Å². The van der Waals surface area contributed by atoms with Gasteiger partial charge in [-0.05, 0) is 43.5 Å². The number of nitro groups is 1. The van der Waals surface area contributed by atoms with Gasteiger partial charge in [0.15, 0.2) is 0 Å². The summed E-state index contributed by atoms with van der Waals surface area (Å²) < 4.78 is 32.7. The monoisotopic (exact) mass is 433 g/mol. The van der Waals surface area contributed by atoms with Gasteiger partial charge in [0, 0.05) is 30.8 Å². The highest BCUT2D eigenvalue weighted by atomic mass is 32.2. The Bertz CT molecular complexity index is 1080. The van der Waals surface area contributed by atoms with Gasteiger partial charge in [0.1, 0.15) is 5.75 Å². The number of carbonyl (C=O) groups is 1. The van der Waals surface area contributed by atoms with Crippen molar-refractivity contribution in [1.82, 2.24) is 4.31 Å². The fraction of sp³-hybridized carbons (Fsp3) is 0.350. The number of benzene rings is 2. The molecule has 1 N–H and O–H groups in total. The van der Waals surface area contributed by atoms with Crippen LogP contribution in [-0.4, -0.2) is 43.8 Å². The second-order valence-corrected chi connectivity index (χ2v) is 8.95. The van der Waals surface area contributed by atoms with Crippen LogP contribution in [0.3, 0.4) is 0 Å². The number of aryl methyl sites for hydroxylation is 1. The molecule has 3 rings (SSSR count). The van der Waals surface area contributed by atoms with E-state index < -0.39 is 20.9 Å². The molecular weight excluding hydrogens is 410 g/mol. The Kier molecular flexibility index (Phi) is 6.37. The van der Waals surface area contributed by atoms with E-state index in [9.17, 15) is 23.3 Å². The average molecular weight is 433 g/mol. The number of carbonyl (C=O) groups excluding carboxylic acids is 1. The van der Waals surface area contributed by atoms with Crippen molar-refractivity contribution in [3.05, 3.63) is 57.6 Å². The van der Waals surface area contributed by atoms with E-state index in [1.807, 2.05) is 0 Å². The Morgan fingerprint density at radius 1 is 1.13 bits per heavy atom. The van der Waals surface area contributed by atoms with Crippen LogP contribution in [-0.2, 0) is 10.0 Å². The lowest BCUT2D eigenvalue weighted by atomic mass is 10.1. The van der Waals surface area contributed by atoms with Crippen molar-refractivity contribution in [2.75, 3.05) is 25.5 Å². The van der Waals surface area contributed by atoms with Crippen molar-refractivity contribution in [3.8, 4) is 5.75 Å². The Labute approximate surface area is 174 Å². The molecule has 9 nitrogen and oxygen atoms in total. The fourth-order valence-corrected chi connectivity index (χ4v) is 5.13. The Hall–Kier alpha value is -2.98. The smallest absolute Gasteiger partial charge is 0.271 e. The number of rotatable bonds is 6. The number of hydrogen-bond donors (Lipinski definition) is 1. The number of nitrogens with zero attached hydrogens (tertiary/aromatic N) is 2. The Balaban J connectivity index is 1.92. The number of piperidine rings is 1. The third kappa shape index (κ3) is 4.44. The normalized spacial score (nSPS) is 14.9. The summed E-state index contributed by atoms with van der Waals surface area (Å²) in [4.78, 5) is 23.3. The molecule has 0 aliphatic carbocycles. The van der Waals surface area contributed by atoms with Crippen molar-refractivity contribution in [2.45, 2.75) is 31.1 Å². The van der Waals surface area contributed by atoms with E-state index in [-0.39, 0.29) is 27.6 Å². The molecule has 0 aromatic heterocycles. The molecule has 0 atom stereocenters. The largest absolute Gasteiger partial charge is 0.495 e. The van der Waals surface area contributed by atoms with Gasteiger partial charge in [0.2, 0.25) is 10.0 Å². The van der Waals surface area contributed by atoms with Crippen LogP contribution in [0.4, 0.5) is 11.4 Å². The van der Waals surface area contributed by atoms with Crippen LogP contribution in [0.2, 0.25) is 0 Å². The number of sulfonamides is 1. The van der Waals surface area contributed by atoms with Crippen LogP contribution in [0.1, 0.15) is 35.2 Å². The highest BCUT2D eigenvalue weighted by Crippen LogP contribution is 2.30. The number of ether oxygens (including phenoxy) is 1. The van der Waals surface area contributed by atoms with E-state index in [0.717, 1.165) is 19.3 Å². The lowest BCUT2D eigenvalue weighted by Gasteiger charge is -2.26. The fourth-order valence-electron chi connectivity index (χ4n) is 3.37. The minimum absolute atomic E-state index is 0.0862. The molecule has 1 amide bonds. The molecule has 160 valence electrons. The number of anilines is 1.